The fourth-order valence-corrected chi connectivity index (χ4v) is 5.05. The molecule has 2 N–H and O–H groups in total. The van der Waals surface area contributed by atoms with Crippen molar-refractivity contribution in [1.29, 1.82) is 0 Å². The summed E-state index contributed by atoms with van der Waals surface area (Å²) in [7, 11) is -0.223. The van der Waals surface area contributed by atoms with Crippen LogP contribution in [0.25, 0.3) is 0 Å². The van der Waals surface area contributed by atoms with Crippen LogP contribution in [0.15, 0.2) is 4.90 Å². The summed E-state index contributed by atoms with van der Waals surface area (Å²) >= 11 is 1.18. The Bertz CT molecular complexity index is 629. The number of anilines is 2. The zero-order valence-electron chi connectivity index (χ0n) is 11.8. The second kappa shape index (κ2) is 5.25. The summed E-state index contributed by atoms with van der Waals surface area (Å²) in [6.07, 6.45) is 3.19. The molecule has 1 aliphatic heterocycles. The van der Waals surface area contributed by atoms with Crippen molar-refractivity contribution in [1.82, 2.24) is 4.90 Å². The molecule has 0 spiro atoms. The molecule has 8 heteroatoms. The fraction of sp³-hybridized carbons (Fsp3) is 0.583. The Hall–Kier alpha value is -1.28. The molecule has 1 fully saturated rings. The number of rotatable bonds is 3. The van der Waals surface area contributed by atoms with Gasteiger partial charge in [0.25, 0.3) is 5.91 Å². The number of sulfone groups is 1. The van der Waals surface area contributed by atoms with Crippen molar-refractivity contribution < 1.29 is 13.2 Å². The third-order valence-corrected chi connectivity index (χ3v) is 5.79. The molecule has 0 radical (unpaired) electrons. The Morgan fingerprint density at radius 1 is 1.30 bits per heavy atom. The van der Waals surface area contributed by atoms with Crippen LogP contribution >= 0.6 is 11.3 Å². The zero-order chi connectivity index (χ0) is 15.1. The molecular formula is C12H19N3O3S2. The largest absolute Gasteiger partial charge is 0.396 e. The molecule has 1 amide bonds. The van der Waals surface area contributed by atoms with Gasteiger partial charge in [-0.15, -0.1) is 11.3 Å². The predicted octanol–water partition coefficient (Wildman–Crippen LogP) is 1.04. The number of nitrogen functional groups attached to an aromatic ring is 1. The maximum absolute atomic E-state index is 12.1. The molecule has 6 nitrogen and oxygen atoms in total. The Labute approximate surface area is 123 Å². The van der Waals surface area contributed by atoms with Gasteiger partial charge in [-0.1, -0.05) is 0 Å². The number of carbonyl (C=O) groups excluding carboxylic acids is 1. The molecule has 1 aliphatic rings. The zero-order valence-corrected chi connectivity index (χ0v) is 13.5. The lowest BCUT2D eigenvalue weighted by atomic mass is 10.3. The number of hydrogen-bond donors (Lipinski definition) is 1. The summed E-state index contributed by atoms with van der Waals surface area (Å²) in [5.41, 5.74) is 6.04. The van der Waals surface area contributed by atoms with Crippen molar-refractivity contribution >= 4 is 37.8 Å². The minimum absolute atomic E-state index is 0.0816. The van der Waals surface area contributed by atoms with E-state index >= 15 is 0 Å². The van der Waals surface area contributed by atoms with Gasteiger partial charge in [-0.3, -0.25) is 4.79 Å². The molecule has 1 aromatic rings. The van der Waals surface area contributed by atoms with Gasteiger partial charge >= 0.3 is 0 Å². The van der Waals surface area contributed by atoms with Crippen LogP contribution in [0.5, 0.6) is 0 Å². The van der Waals surface area contributed by atoms with Crippen LogP contribution in [0.1, 0.15) is 22.5 Å². The second-order valence-electron chi connectivity index (χ2n) is 5.15. The van der Waals surface area contributed by atoms with Gasteiger partial charge in [0.2, 0.25) is 0 Å². The van der Waals surface area contributed by atoms with E-state index in [-0.39, 0.29) is 16.5 Å². The molecular weight excluding hydrogens is 298 g/mol. The second-order valence-corrected chi connectivity index (χ2v) is 8.10. The average Bonchev–Trinajstić information content (AvgIpc) is 2.93. The smallest absolute Gasteiger partial charge is 0.265 e. The van der Waals surface area contributed by atoms with Gasteiger partial charge in [0.05, 0.1) is 5.69 Å². The molecule has 0 saturated carbocycles. The Morgan fingerprint density at radius 2 is 1.85 bits per heavy atom. The number of nitrogens with zero attached hydrogens (tertiary/aromatic N) is 2. The van der Waals surface area contributed by atoms with Crippen molar-refractivity contribution in [2.45, 2.75) is 17.7 Å². The lowest BCUT2D eigenvalue weighted by molar-refractivity contribution is 0.0833. The van der Waals surface area contributed by atoms with Crippen molar-refractivity contribution in [2.24, 2.45) is 0 Å². The predicted molar refractivity (Wildman–Crippen MR) is 81.3 cm³/mol. The molecule has 112 valence electrons. The lowest BCUT2D eigenvalue weighted by Gasteiger charge is -2.16. The van der Waals surface area contributed by atoms with Crippen molar-refractivity contribution in [2.75, 3.05) is 44.1 Å². The van der Waals surface area contributed by atoms with Crippen molar-refractivity contribution in [3.63, 3.8) is 0 Å². The van der Waals surface area contributed by atoms with Crippen LogP contribution in [-0.2, 0) is 9.84 Å². The molecule has 20 heavy (non-hydrogen) atoms. The van der Waals surface area contributed by atoms with E-state index in [1.807, 2.05) is 4.90 Å². The highest BCUT2D eigenvalue weighted by Gasteiger charge is 2.31. The third kappa shape index (κ3) is 2.62. The monoisotopic (exact) mass is 317 g/mol. The summed E-state index contributed by atoms with van der Waals surface area (Å²) in [5.74, 6) is -0.261. The van der Waals surface area contributed by atoms with Gasteiger partial charge in [0.1, 0.15) is 14.8 Å². The van der Waals surface area contributed by atoms with Crippen LogP contribution in [0.2, 0.25) is 0 Å². The maximum atomic E-state index is 12.1. The first-order valence-electron chi connectivity index (χ1n) is 6.32. The third-order valence-electron chi connectivity index (χ3n) is 3.25. The molecule has 2 heterocycles. The Kier molecular flexibility index (Phi) is 3.97. The molecule has 2 rings (SSSR count). The van der Waals surface area contributed by atoms with Crippen LogP contribution in [-0.4, -0.2) is 52.7 Å². The van der Waals surface area contributed by atoms with E-state index in [4.69, 9.17) is 5.73 Å². The highest BCUT2D eigenvalue weighted by Crippen LogP contribution is 2.42. The highest BCUT2D eigenvalue weighted by molar-refractivity contribution is 7.91. The minimum atomic E-state index is -3.47. The van der Waals surface area contributed by atoms with Gasteiger partial charge in [0, 0.05) is 33.4 Å². The Morgan fingerprint density at radius 3 is 2.30 bits per heavy atom. The highest BCUT2D eigenvalue weighted by atomic mass is 32.2. The van der Waals surface area contributed by atoms with Crippen LogP contribution in [0.3, 0.4) is 0 Å². The molecule has 0 aromatic carbocycles. The van der Waals surface area contributed by atoms with E-state index in [0.717, 1.165) is 32.2 Å². The first kappa shape index (κ1) is 15.1. The van der Waals surface area contributed by atoms with E-state index in [1.54, 1.807) is 14.1 Å². The maximum Gasteiger partial charge on any atom is 0.265 e. The van der Waals surface area contributed by atoms with Gasteiger partial charge in [-0.2, -0.15) is 0 Å². The first-order chi connectivity index (χ1) is 9.23. The van der Waals surface area contributed by atoms with E-state index in [0.29, 0.717) is 9.88 Å². The van der Waals surface area contributed by atoms with Gasteiger partial charge in [0.15, 0.2) is 9.84 Å². The molecule has 0 bridgehead atoms. The Balaban J connectivity index is 2.61. The van der Waals surface area contributed by atoms with E-state index < -0.39 is 9.84 Å². The van der Waals surface area contributed by atoms with Gasteiger partial charge in [-0.05, 0) is 12.8 Å². The average molecular weight is 317 g/mol. The van der Waals surface area contributed by atoms with Crippen LogP contribution in [0, 0.1) is 0 Å². The van der Waals surface area contributed by atoms with E-state index in [9.17, 15) is 13.2 Å². The number of thiophene rings is 1. The quantitative estimate of drug-likeness (QED) is 0.900. The van der Waals surface area contributed by atoms with Gasteiger partial charge in [-0.25, -0.2) is 8.42 Å². The number of carbonyl (C=O) groups is 1. The summed E-state index contributed by atoms with van der Waals surface area (Å²) in [6, 6.07) is 0. The van der Waals surface area contributed by atoms with Gasteiger partial charge < -0.3 is 15.5 Å². The van der Waals surface area contributed by atoms with Crippen molar-refractivity contribution in [3.05, 3.63) is 4.88 Å². The van der Waals surface area contributed by atoms with Crippen LogP contribution in [0.4, 0.5) is 10.7 Å². The minimum Gasteiger partial charge on any atom is -0.396 e. The fourth-order valence-electron chi connectivity index (χ4n) is 2.26. The molecule has 0 atom stereocenters. The summed E-state index contributed by atoms with van der Waals surface area (Å²) in [6.45, 7) is 1.61. The SMILES string of the molecule is CN(C)C(=O)c1sc(N2CCCC2)c(S(C)(=O)=O)c1N. The topological polar surface area (TPSA) is 83.7 Å². The van der Waals surface area contributed by atoms with E-state index in [2.05, 4.69) is 0 Å². The number of nitrogens with two attached hydrogens (primary N) is 1. The molecule has 0 unspecified atom stereocenters. The number of hydrogen-bond acceptors (Lipinski definition) is 6. The first-order valence-corrected chi connectivity index (χ1v) is 9.03. The van der Waals surface area contributed by atoms with Crippen LogP contribution < -0.4 is 10.6 Å². The van der Waals surface area contributed by atoms with E-state index in [1.165, 1.54) is 16.2 Å². The molecule has 1 saturated heterocycles. The van der Waals surface area contributed by atoms with Crippen molar-refractivity contribution in [3.8, 4) is 0 Å². The lowest BCUT2D eigenvalue weighted by Crippen LogP contribution is -2.21. The summed E-state index contributed by atoms with van der Waals surface area (Å²) in [4.78, 5) is 15.9. The summed E-state index contributed by atoms with van der Waals surface area (Å²) in [5, 5.41) is 0.604. The molecule has 0 aliphatic carbocycles. The normalized spacial score (nSPS) is 15.7. The number of amides is 1. The molecule has 1 aromatic heterocycles. The summed E-state index contributed by atoms with van der Waals surface area (Å²) < 4.78 is 24.0. The standard InChI is InChI=1S/C12H19N3O3S2/c1-14(2)11(16)9-8(13)10(20(3,17)18)12(19-9)15-6-4-5-7-15/h4-7,13H2,1-3H3.